The minimum absolute atomic E-state index is 0.0876. The summed E-state index contributed by atoms with van der Waals surface area (Å²) in [5.41, 5.74) is 3.17. The molecule has 2 aromatic rings. The van der Waals surface area contributed by atoms with Crippen LogP contribution in [0.15, 0.2) is 24.5 Å². The normalized spacial score (nSPS) is 10.7. The van der Waals surface area contributed by atoms with E-state index in [4.69, 9.17) is 0 Å². The van der Waals surface area contributed by atoms with E-state index < -0.39 is 0 Å². The summed E-state index contributed by atoms with van der Waals surface area (Å²) in [6.07, 6.45) is 5.37. The zero-order valence-electron chi connectivity index (χ0n) is 10.2. The summed E-state index contributed by atoms with van der Waals surface area (Å²) >= 11 is 0. The van der Waals surface area contributed by atoms with Crippen molar-refractivity contribution in [2.24, 2.45) is 0 Å². The molecular weight excluding hydrogens is 214 g/mol. The fraction of sp³-hybridized carbons (Fsp3) is 0.385. The Kier molecular flexibility index (Phi) is 3.42. The quantitative estimate of drug-likeness (QED) is 0.870. The number of fused-ring (bicyclic) bond motifs is 1. The van der Waals surface area contributed by atoms with Crippen molar-refractivity contribution in [1.29, 1.82) is 0 Å². The molecule has 0 radical (unpaired) electrons. The first-order chi connectivity index (χ1) is 8.19. The number of aromatic nitrogens is 2. The summed E-state index contributed by atoms with van der Waals surface area (Å²) in [5, 5.41) is 2.85. The lowest BCUT2D eigenvalue weighted by Crippen LogP contribution is -2.24. The van der Waals surface area contributed by atoms with Gasteiger partial charge in [0.1, 0.15) is 5.65 Å². The van der Waals surface area contributed by atoms with Crippen LogP contribution in [0.5, 0.6) is 0 Å². The van der Waals surface area contributed by atoms with Crippen LogP contribution in [0.25, 0.3) is 5.65 Å². The summed E-state index contributed by atoms with van der Waals surface area (Å²) in [4.78, 5) is 15.6. The van der Waals surface area contributed by atoms with Crippen LogP contribution in [-0.4, -0.2) is 21.8 Å². The highest BCUT2D eigenvalue weighted by atomic mass is 16.1. The van der Waals surface area contributed by atoms with E-state index in [1.165, 1.54) is 5.56 Å². The molecule has 0 saturated carbocycles. The van der Waals surface area contributed by atoms with Gasteiger partial charge in [-0.1, -0.05) is 13.0 Å². The lowest BCUT2D eigenvalue weighted by atomic mass is 10.3. The fourth-order valence-corrected chi connectivity index (χ4v) is 1.73. The predicted molar refractivity (Wildman–Crippen MR) is 66.9 cm³/mol. The zero-order valence-corrected chi connectivity index (χ0v) is 10.2. The molecule has 4 nitrogen and oxygen atoms in total. The van der Waals surface area contributed by atoms with Crippen LogP contribution in [0.4, 0.5) is 0 Å². The van der Waals surface area contributed by atoms with Gasteiger partial charge in [0.15, 0.2) is 0 Å². The number of nitrogens with one attached hydrogen (secondary N) is 1. The number of rotatable bonds is 4. The molecule has 0 unspecified atom stereocenters. The van der Waals surface area contributed by atoms with Gasteiger partial charge in [-0.15, -0.1) is 0 Å². The van der Waals surface area contributed by atoms with Gasteiger partial charge in [0, 0.05) is 31.8 Å². The van der Waals surface area contributed by atoms with E-state index in [0.29, 0.717) is 13.0 Å². The number of pyridine rings is 1. The number of hydrogen-bond acceptors (Lipinski definition) is 2. The Morgan fingerprint density at radius 2 is 2.24 bits per heavy atom. The van der Waals surface area contributed by atoms with E-state index in [1.54, 1.807) is 0 Å². The van der Waals surface area contributed by atoms with Gasteiger partial charge in [0.25, 0.3) is 0 Å². The molecule has 0 atom stereocenters. The van der Waals surface area contributed by atoms with Crippen LogP contribution in [0.3, 0.4) is 0 Å². The van der Waals surface area contributed by atoms with Crippen LogP contribution in [0.1, 0.15) is 24.6 Å². The van der Waals surface area contributed by atoms with Gasteiger partial charge in [-0.3, -0.25) is 4.79 Å². The van der Waals surface area contributed by atoms with E-state index in [9.17, 15) is 4.79 Å². The fourth-order valence-electron chi connectivity index (χ4n) is 1.73. The standard InChI is InChI=1S/C13H17N3O/c1-3-13(17)14-7-6-11-9-16-8-10(2)4-5-12(16)15-11/h4-5,8-9H,3,6-7H2,1-2H3,(H,14,17). The topological polar surface area (TPSA) is 46.4 Å². The van der Waals surface area contributed by atoms with Crippen molar-refractivity contribution in [3.8, 4) is 0 Å². The molecule has 2 heterocycles. The Balaban J connectivity index is 2.02. The molecule has 1 N–H and O–H groups in total. The van der Waals surface area contributed by atoms with Gasteiger partial charge >= 0.3 is 0 Å². The van der Waals surface area contributed by atoms with Crippen LogP contribution < -0.4 is 5.32 Å². The molecule has 0 spiro atoms. The monoisotopic (exact) mass is 231 g/mol. The lowest BCUT2D eigenvalue weighted by Gasteiger charge is -2.00. The second-order valence-electron chi connectivity index (χ2n) is 4.16. The van der Waals surface area contributed by atoms with Gasteiger partial charge in [0.2, 0.25) is 5.91 Å². The van der Waals surface area contributed by atoms with Crippen LogP contribution >= 0.6 is 0 Å². The van der Waals surface area contributed by atoms with E-state index in [2.05, 4.69) is 23.4 Å². The predicted octanol–water partition coefficient (Wildman–Crippen LogP) is 1.71. The summed E-state index contributed by atoms with van der Waals surface area (Å²) in [6, 6.07) is 4.05. The van der Waals surface area contributed by atoms with Crippen molar-refractivity contribution in [2.45, 2.75) is 26.7 Å². The van der Waals surface area contributed by atoms with Crippen molar-refractivity contribution in [1.82, 2.24) is 14.7 Å². The maximum absolute atomic E-state index is 11.1. The Labute approximate surface area is 101 Å². The molecule has 1 amide bonds. The number of nitrogens with zero attached hydrogens (tertiary/aromatic N) is 2. The Hall–Kier alpha value is -1.84. The summed E-state index contributed by atoms with van der Waals surface area (Å²) in [6.45, 7) is 4.55. The molecule has 4 heteroatoms. The lowest BCUT2D eigenvalue weighted by molar-refractivity contribution is -0.120. The minimum atomic E-state index is 0.0876. The molecule has 0 aromatic carbocycles. The summed E-state index contributed by atoms with van der Waals surface area (Å²) in [7, 11) is 0. The van der Waals surface area contributed by atoms with Gasteiger partial charge in [-0.25, -0.2) is 4.98 Å². The molecule has 0 aliphatic heterocycles. The third-order valence-corrected chi connectivity index (χ3v) is 2.67. The molecule has 0 aliphatic rings. The first-order valence-corrected chi connectivity index (χ1v) is 5.90. The largest absolute Gasteiger partial charge is 0.356 e. The summed E-state index contributed by atoms with van der Waals surface area (Å²) < 4.78 is 2.02. The van der Waals surface area contributed by atoms with Gasteiger partial charge < -0.3 is 9.72 Å². The smallest absolute Gasteiger partial charge is 0.219 e. The molecule has 0 fully saturated rings. The van der Waals surface area contributed by atoms with Crippen molar-refractivity contribution >= 4 is 11.6 Å². The van der Waals surface area contributed by atoms with E-state index in [-0.39, 0.29) is 5.91 Å². The van der Waals surface area contributed by atoms with E-state index in [0.717, 1.165) is 17.8 Å². The van der Waals surface area contributed by atoms with Crippen LogP contribution in [-0.2, 0) is 11.2 Å². The number of imidazole rings is 1. The Morgan fingerprint density at radius 1 is 1.41 bits per heavy atom. The molecule has 90 valence electrons. The first kappa shape index (κ1) is 11.6. The van der Waals surface area contributed by atoms with Crippen molar-refractivity contribution in [3.63, 3.8) is 0 Å². The average Bonchev–Trinajstić information content (AvgIpc) is 2.70. The minimum Gasteiger partial charge on any atom is -0.356 e. The van der Waals surface area contributed by atoms with Gasteiger partial charge in [-0.05, 0) is 18.6 Å². The highest BCUT2D eigenvalue weighted by Gasteiger charge is 2.02. The second kappa shape index (κ2) is 4.99. The number of carbonyl (C=O) groups excluding carboxylic acids is 1. The Bertz CT molecular complexity index is 530. The third-order valence-electron chi connectivity index (χ3n) is 2.67. The maximum atomic E-state index is 11.1. The molecule has 0 bridgehead atoms. The molecule has 17 heavy (non-hydrogen) atoms. The highest BCUT2D eigenvalue weighted by molar-refractivity contribution is 5.75. The highest BCUT2D eigenvalue weighted by Crippen LogP contribution is 2.07. The van der Waals surface area contributed by atoms with Gasteiger partial charge in [0.05, 0.1) is 5.69 Å². The van der Waals surface area contributed by atoms with Gasteiger partial charge in [-0.2, -0.15) is 0 Å². The first-order valence-electron chi connectivity index (χ1n) is 5.90. The zero-order chi connectivity index (χ0) is 12.3. The van der Waals surface area contributed by atoms with E-state index in [1.807, 2.05) is 29.7 Å². The van der Waals surface area contributed by atoms with Crippen LogP contribution in [0.2, 0.25) is 0 Å². The van der Waals surface area contributed by atoms with Crippen molar-refractivity contribution in [2.75, 3.05) is 6.54 Å². The average molecular weight is 231 g/mol. The maximum Gasteiger partial charge on any atom is 0.219 e. The Morgan fingerprint density at radius 3 is 3.00 bits per heavy atom. The second-order valence-corrected chi connectivity index (χ2v) is 4.16. The van der Waals surface area contributed by atoms with E-state index >= 15 is 0 Å². The number of aryl methyl sites for hydroxylation is 1. The summed E-state index contributed by atoms with van der Waals surface area (Å²) in [5.74, 6) is 0.0876. The number of amides is 1. The van der Waals surface area contributed by atoms with Crippen LogP contribution in [0, 0.1) is 6.92 Å². The molecule has 0 saturated heterocycles. The SMILES string of the molecule is CCC(=O)NCCc1cn2cc(C)ccc2n1. The number of carbonyl (C=O) groups is 1. The third kappa shape index (κ3) is 2.84. The molecule has 2 rings (SSSR count). The molecule has 0 aliphatic carbocycles. The molecular formula is C13H17N3O. The molecule has 2 aromatic heterocycles. The van der Waals surface area contributed by atoms with Crippen molar-refractivity contribution < 1.29 is 4.79 Å². The number of hydrogen-bond donors (Lipinski definition) is 1. The van der Waals surface area contributed by atoms with Crippen molar-refractivity contribution in [3.05, 3.63) is 35.8 Å².